The van der Waals surface area contributed by atoms with E-state index >= 15 is 0 Å². The number of ether oxygens (including phenoxy) is 1. The first-order valence-corrected chi connectivity index (χ1v) is 8.27. The van der Waals surface area contributed by atoms with Gasteiger partial charge >= 0.3 is 6.09 Å². The molecule has 0 unspecified atom stereocenters. The third-order valence-electron chi connectivity index (χ3n) is 4.14. The lowest BCUT2D eigenvalue weighted by Crippen LogP contribution is -2.46. The third kappa shape index (κ3) is 4.82. The van der Waals surface area contributed by atoms with Crippen molar-refractivity contribution in [1.29, 1.82) is 0 Å². The monoisotopic (exact) mass is 336 g/mol. The van der Waals surface area contributed by atoms with Gasteiger partial charge in [0.2, 0.25) is 0 Å². The topological polar surface area (TPSA) is 62.7 Å². The van der Waals surface area contributed by atoms with Gasteiger partial charge in [0.1, 0.15) is 17.9 Å². The van der Waals surface area contributed by atoms with E-state index in [2.05, 4.69) is 16.8 Å². The third-order valence-corrected chi connectivity index (χ3v) is 4.14. The number of pyridine rings is 1. The Bertz CT molecular complexity index is 758. The van der Waals surface area contributed by atoms with Crippen molar-refractivity contribution in [3.05, 3.63) is 66.0 Å². The van der Waals surface area contributed by atoms with Crippen molar-refractivity contribution in [2.24, 2.45) is 0 Å². The second kappa shape index (κ2) is 7.82. The van der Waals surface area contributed by atoms with E-state index < -0.39 is 5.60 Å². The highest BCUT2D eigenvalue weighted by atomic mass is 16.6. The quantitative estimate of drug-likeness (QED) is 0.856. The van der Waals surface area contributed by atoms with Crippen LogP contribution >= 0.6 is 0 Å². The Hall–Kier alpha value is -2.84. The summed E-state index contributed by atoms with van der Waals surface area (Å²) in [5.41, 5.74) is 0.486. The summed E-state index contributed by atoms with van der Waals surface area (Å²) < 4.78 is 5.32. The van der Waals surface area contributed by atoms with Gasteiger partial charge in [-0.25, -0.2) is 9.78 Å². The van der Waals surface area contributed by atoms with Crippen LogP contribution in [0.3, 0.4) is 0 Å². The standard InChI is InChI=1S/C20H20N2O3/c23-19(25-16-17-6-2-1-3-7-17)22-14-11-20(24,12-15-22)10-9-18-8-4-5-13-21-18/h1-8,13,24H,11-12,14-16H2. The van der Waals surface area contributed by atoms with E-state index in [1.54, 1.807) is 17.2 Å². The molecule has 0 bridgehead atoms. The minimum absolute atomic E-state index is 0.250. The molecule has 5 nitrogen and oxygen atoms in total. The predicted octanol–water partition coefficient (Wildman–Crippen LogP) is 2.60. The molecule has 1 saturated heterocycles. The summed E-state index contributed by atoms with van der Waals surface area (Å²) >= 11 is 0. The molecule has 128 valence electrons. The number of benzene rings is 1. The Morgan fingerprint density at radius 2 is 1.88 bits per heavy atom. The van der Waals surface area contributed by atoms with E-state index in [1.165, 1.54) is 0 Å². The van der Waals surface area contributed by atoms with Crippen LogP contribution in [0.2, 0.25) is 0 Å². The van der Waals surface area contributed by atoms with Gasteiger partial charge in [-0.1, -0.05) is 42.3 Å². The lowest BCUT2D eigenvalue weighted by molar-refractivity contribution is 0.0203. The molecule has 2 heterocycles. The van der Waals surface area contributed by atoms with Gasteiger partial charge in [0, 0.05) is 32.1 Å². The zero-order valence-corrected chi connectivity index (χ0v) is 13.9. The molecule has 1 aliphatic rings. The van der Waals surface area contributed by atoms with E-state index in [1.807, 2.05) is 42.5 Å². The summed E-state index contributed by atoms with van der Waals surface area (Å²) in [4.78, 5) is 17.9. The van der Waals surface area contributed by atoms with Crippen LogP contribution in [0.4, 0.5) is 4.79 Å². The van der Waals surface area contributed by atoms with Crippen LogP contribution in [0, 0.1) is 11.8 Å². The van der Waals surface area contributed by atoms with E-state index in [0.717, 1.165) is 5.56 Å². The van der Waals surface area contributed by atoms with Gasteiger partial charge in [-0.3, -0.25) is 0 Å². The number of aliphatic hydroxyl groups is 1. The number of likely N-dealkylation sites (tertiary alicyclic amines) is 1. The van der Waals surface area contributed by atoms with Gasteiger partial charge in [-0.15, -0.1) is 0 Å². The maximum absolute atomic E-state index is 12.1. The second-order valence-electron chi connectivity index (χ2n) is 6.02. The molecule has 0 radical (unpaired) electrons. The van der Waals surface area contributed by atoms with Gasteiger partial charge in [-0.2, -0.15) is 0 Å². The maximum Gasteiger partial charge on any atom is 0.410 e. The van der Waals surface area contributed by atoms with Crippen LogP contribution in [0.5, 0.6) is 0 Å². The Balaban J connectivity index is 1.51. The molecular formula is C20H20N2O3. The molecule has 1 aromatic carbocycles. The molecule has 2 aromatic rings. The molecule has 5 heteroatoms. The van der Waals surface area contributed by atoms with Crippen molar-refractivity contribution in [2.75, 3.05) is 13.1 Å². The largest absolute Gasteiger partial charge is 0.445 e. The van der Waals surface area contributed by atoms with Gasteiger partial charge in [0.25, 0.3) is 0 Å². The summed E-state index contributed by atoms with van der Waals surface area (Å²) in [7, 11) is 0. The lowest BCUT2D eigenvalue weighted by Gasteiger charge is -2.34. The smallest absolute Gasteiger partial charge is 0.410 e. The summed E-state index contributed by atoms with van der Waals surface area (Å²) in [6, 6.07) is 15.0. The Labute approximate surface area is 147 Å². The molecule has 0 spiro atoms. The van der Waals surface area contributed by atoms with Crippen molar-refractivity contribution in [3.8, 4) is 11.8 Å². The number of nitrogens with zero attached hydrogens (tertiary/aromatic N) is 2. The fourth-order valence-corrected chi connectivity index (χ4v) is 2.61. The van der Waals surface area contributed by atoms with Crippen molar-refractivity contribution < 1.29 is 14.6 Å². The number of carbonyl (C=O) groups is 1. The molecule has 1 N–H and O–H groups in total. The molecule has 1 fully saturated rings. The summed E-state index contributed by atoms with van der Waals surface area (Å²) in [6.45, 7) is 1.09. The molecule has 0 aliphatic carbocycles. The maximum atomic E-state index is 12.1. The van der Waals surface area contributed by atoms with Crippen LogP contribution in [0.25, 0.3) is 0 Å². The first-order valence-electron chi connectivity index (χ1n) is 8.27. The molecule has 1 aliphatic heterocycles. The van der Waals surface area contributed by atoms with E-state index in [9.17, 15) is 9.90 Å². The zero-order valence-electron chi connectivity index (χ0n) is 13.9. The molecule has 1 aromatic heterocycles. The molecule has 3 rings (SSSR count). The van der Waals surface area contributed by atoms with Crippen molar-refractivity contribution >= 4 is 6.09 Å². The Morgan fingerprint density at radius 1 is 1.16 bits per heavy atom. The SMILES string of the molecule is O=C(OCc1ccccc1)N1CCC(O)(C#Cc2ccccn2)CC1. The van der Waals surface area contributed by atoms with E-state index in [4.69, 9.17) is 4.74 Å². The van der Waals surface area contributed by atoms with Gasteiger partial charge in [0.15, 0.2) is 0 Å². The van der Waals surface area contributed by atoms with Crippen molar-refractivity contribution in [1.82, 2.24) is 9.88 Å². The number of piperidine rings is 1. The molecule has 1 amide bonds. The van der Waals surface area contributed by atoms with Crippen LogP contribution in [-0.2, 0) is 11.3 Å². The Morgan fingerprint density at radius 3 is 2.56 bits per heavy atom. The van der Waals surface area contributed by atoms with Crippen LogP contribution in [0.15, 0.2) is 54.7 Å². The average molecular weight is 336 g/mol. The first-order chi connectivity index (χ1) is 12.1. The highest BCUT2D eigenvalue weighted by molar-refractivity contribution is 5.67. The fourth-order valence-electron chi connectivity index (χ4n) is 2.61. The minimum atomic E-state index is -1.09. The highest BCUT2D eigenvalue weighted by Crippen LogP contribution is 2.22. The number of amides is 1. The molecule has 0 atom stereocenters. The second-order valence-corrected chi connectivity index (χ2v) is 6.02. The number of hydrogen-bond donors (Lipinski definition) is 1. The summed E-state index contributed by atoms with van der Waals surface area (Å²) in [5.74, 6) is 5.80. The minimum Gasteiger partial charge on any atom is -0.445 e. The van der Waals surface area contributed by atoms with Crippen LogP contribution < -0.4 is 0 Å². The average Bonchev–Trinajstić information content (AvgIpc) is 2.67. The number of aromatic nitrogens is 1. The molecule has 25 heavy (non-hydrogen) atoms. The van der Waals surface area contributed by atoms with Crippen molar-refractivity contribution in [2.45, 2.75) is 25.0 Å². The summed E-state index contributed by atoms with van der Waals surface area (Å²) in [5, 5.41) is 10.6. The van der Waals surface area contributed by atoms with Gasteiger partial charge in [0.05, 0.1) is 0 Å². The zero-order chi connectivity index (χ0) is 17.5. The molecular weight excluding hydrogens is 316 g/mol. The number of hydrogen-bond acceptors (Lipinski definition) is 4. The lowest BCUT2D eigenvalue weighted by atomic mass is 9.92. The fraction of sp³-hybridized carbons (Fsp3) is 0.300. The number of rotatable bonds is 2. The van der Waals surface area contributed by atoms with Crippen LogP contribution in [0.1, 0.15) is 24.1 Å². The number of carbonyl (C=O) groups excluding carboxylic acids is 1. The van der Waals surface area contributed by atoms with E-state index in [-0.39, 0.29) is 12.7 Å². The van der Waals surface area contributed by atoms with Crippen LogP contribution in [-0.4, -0.2) is 39.8 Å². The van der Waals surface area contributed by atoms with E-state index in [0.29, 0.717) is 31.6 Å². The van der Waals surface area contributed by atoms with Gasteiger partial charge < -0.3 is 14.7 Å². The normalized spacial score (nSPS) is 15.8. The highest BCUT2D eigenvalue weighted by Gasteiger charge is 2.33. The predicted molar refractivity (Wildman–Crippen MR) is 93.5 cm³/mol. The first kappa shape index (κ1) is 17.0. The Kier molecular flexibility index (Phi) is 5.32. The molecule has 0 saturated carbocycles. The van der Waals surface area contributed by atoms with Crippen molar-refractivity contribution in [3.63, 3.8) is 0 Å². The summed E-state index contributed by atoms with van der Waals surface area (Å²) in [6.07, 6.45) is 2.10. The van der Waals surface area contributed by atoms with Gasteiger partial charge in [-0.05, 0) is 23.6 Å².